The highest BCUT2D eigenvalue weighted by molar-refractivity contribution is 7.89. The van der Waals surface area contributed by atoms with Crippen LogP contribution in [0, 0.1) is 22.7 Å². The van der Waals surface area contributed by atoms with Crippen LogP contribution in [-0.4, -0.2) is 35.2 Å². The maximum Gasteiger partial charge on any atom is 0.404 e. The lowest BCUT2D eigenvalue weighted by Crippen LogP contribution is -2.43. The summed E-state index contributed by atoms with van der Waals surface area (Å²) in [6.45, 7) is 0.696. The molecule has 0 bridgehead atoms. The fourth-order valence-electron chi connectivity index (χ4n) is 4.20. The third-order valence-corrected chi connectivity index (χ3v) is 7.40. The maximum absolute atomic E-state index is 12.8. The molecule has 0 aliphatic heterocycles. The highest BCUT2D eigenvalue weighted by Gasteiger charge is 2.39. The quantitative estimate of drug-likeness (QED) is 0.574. The zero-order valence-electron chi connectivity index (χ0n) is 18.0. The van der Waals surface area contributed by atoms with E-state index in [1.807, 2.05) is 4.57 Å². The molecule has 1 N–H and O–H groups in total. The first-order valence-electron chi connectivity index (χ1n) is 10.5. The molecule has 3 aromatic rings. The molecule has 34 heavy (non-hydrogen) atoms. The van der Waals surface area contributed by atoms with Gasteiger partial charge < -0.3 is 4.57 Å². The van der Waals surface area contributed by atoms with Crippen LogP contribution in [0.4, 0.5) is 13.2 Å². The normalized spacial score (nSPS) is 15.8. The van der Waals surface area contributed by atoms with Crippen LogP contribution in [0.5, 0.6) is 0 Å². The summed E-state index contributed by atoms with van der Waals surface area (Å²) >= 11 is 0. The van der Waals surface area contributed by atoms with Crippen molar-refractivity contribution in [3.05, 3.63) is 41.7 Å². The van der Waals surface area contributed by atoms with Crippen LogP contribution < -0.4 is 4.72 Å². The van der Waals surface area contributed by atoms with Crippen molar-refractivity contribution in [3.8, 4) is 23.7 Å². The second kappa shape index (κ2) is 8.70. The molecule has 2 heterocycles. The molecule has 0 unspecified atom stereocenters. The Morgan fingerprint density at radius 3 is 2.35 bits per heavy atom. The fourth-order valence-corrected chi connectivity index (χ4v) is 5.32. The largest absolute Gasteiger partial charge is 0.404 e. The smallest absolute Gasteiger partial charge is 0.334 e. The van der Waals surface area contributed by atoms with Crippen LogP contribution in [0.25, 0.3) is 22.4 Å². The van der Waals surface area contributed by atoms with Gasteiger partial charge in [0.05, 0.1) is 35.1 Å². The van der Waals surface area contributed by atoms with Crippen molar-refractivity contribution in [1.82, 2.24) is 19.3 Å². The molecule has 1 saturated carbocycles. The Bertz CT molecular complexity index is 1430. The minimum Gasteiger partial charge on any atom is -0.334 e. The van der Waals surface area contributed by atoms with E-state index in [2.05, 4.69) is 22.1 Å². The number of nitrogens with one attached hydrogen (secondary N) is 1. The van der Waals surface area contributed by atoms with E-state index < -0.39 is 27.1 Å². The van der Waals surface area contributed by atoms with Crippen molar-refractivity contribution in [1.29, 1.82) is 10.5 Å². The second-order valence-electron chi connectivity index (χ2n) is 8.11. The summed E-state index contributed by atoms with van der Waals surface area (Å²) in [7, 11) is -4.52. The SMILES string of the molecule is C[C@H](NS(=O)(=O)c1cnc(-c2c(C#N)c3cc(C#N)ccc3n2C2CCCC2)nc1)C(F)(F)F. The van der Waals surface area contributed by atoms with Gasteiger partial charge in [-0.3, -0.25) is 0 Å². The number of halogens is 3. The van der Waals surface area contributed by atoms with E-state index in [4.69, 9.17) is 0 Å². The third kappa shape index (κ3) is 4.22. The molecule has 2 aromatic heterocycles. The van der Waals surface area contributed by atoms with E-state index in [0.717, 1.165) is 43.6 Å². The molecule has 1 fully saturated rings. The van der Waals surface area contributed by atoms with Crippen molar-refractivity contribution in [3.63, 3.8) is 0 Å². The van der Waals surface area contributed by atoms with Gasteiger partial charge in [-0.05, 0) is 38.0 Å². The highest BCUT2D eigenvalue weighted by atomic mass is 32.2. The zero-order valence-corrected chi connectivity index (χ0v) is 18.8. The average Bonchev–Trinajstić information content (AvgIpc) is 3.43. The highest BCUT2D eigenvalue weighted by Crippen LogP contribution is 2.40. The number of nitrogens with zero attached hydrogens (tertiary/aromatic N) is 5. The van der Waals surface area contributed by atoms with Crippen LogP contribution in [-0.2, 0) is 10.0 Å². The molecule has 0 saturated heterocycles. The molecule has 176 valence electrons. The summed E-state index contributed by atoms with van der Waals surface area (Å²) in [5, 5.41) is 19.8. The third-order valence-electron chi connectivity index (χ3n) is 5.91. The van der Waals surface area contributed by atoms with Gasteiger partial charge in [-0.25, -0.2) is 18.4 Å². The van der Waals surface area contributed by atoms with Gasteiger partial charge in [0.1, 0.15) is 22.7 Å². The van der Waals surface area contributed by atoms with E-state index in [-0.39, 0.29) is 17.4 Å². The lowest BCUT2D eigenvalue weighted by molar-refractivity contribution is -0.147. The summed E-state index contributed by atoms with van der Waals surface area (Å²) in [6, 6.07) is 7.01. The van der Waals surface area contributed by atoms with Gasteiger partial charge in [-0.2, -0.15) is 28.4 Å². The maximum atomic E-state index is 12.8. The Morgan fingerprint density at radius 1 is 1.15 bits per heavy atom. The Balaban J connectivity index is 1.83. The van der Waals surface area contributed by atoms with Crippen molar-refractivity contribution in [2.45, 2.75) is 55.8 Å². The Kier molecular flexibility index (Phi) is 6.06. The molecule has 8 nitrogen and oxygen atoms in total. The van der Waals surface area contributed by atoms with Gasteiger partial charge in [-0.1, -0.05) is 12.8 Å². The number of aromatic nitrogens is 3. The van der Waals surface area contributed by atoms with E-state index in [9.17, 15) is 32.1 Å². The molecular formula is C22H19F3N6O2S. The van der Waals surface area contributed by atoms with Crippen molar-refractivity contribution < 1.29 is 21.6 Å². The van der Waals surface area contributed by atoms with Crippen molar-refractivity contribution in [2.75, 3.05) is 0 Å². The first-order chi connectivity index (χ1) is 16.1. The summed E-state index contributed by atoms with van der Waals surface area (Å²) in [6.07, 6.45) is 0.839. The lowest BCUT2D eigenvalue weighted by Gasteiger charge is -2.18. The van der Waals surface area contributed by atoms with Gasteiger partial charge in [0.15, 0.2) is 5.82 Å². The molecule has 12 heteroatoms. The van der Waals surface area contributed by atoms with Gasteiger partial charge in [0, 0.05) is 11.4 Å². The van der Waals surface area contributed by atoms with Gasteiger partial charge in [-0.15, -0.1) is 0 Å². The molecule has 1 aromatic carbocycles. The number of benzene rings is 1. The molecule has 4 rings (SSSR count). The molecule has 0 spiro atoms. The number of sulfonamides is 1. The number of hydrogen-bond donors (Lipinski definition) is 1. The number of rotatable bonds is 5. The van der Waals surface area contributed by atoms with E-state index >= 15 is 0 Å². The lowest BCUT2D eigenvalue weighted by atomic mass is 10.1. The number of fused-ring (bicyclic) bond motifs is 1. The van der Waals surface area contributed by atoms with Crippen molar-refractivity contribution in [2.24, 2.45) is 0 Å². The predicted octanol–water partition coefficient (Wildman–Crippen LogP) is 4.19. The topological polar surface area (TPSA) is 124 Å². The first-order valence-corrected chi connectivity index (χ1v) is 11.9. The number of hydrogen-bond acceptors (Lipinski definition) is 6. The Morgan fingerprint density at radius 2 is 1.79 bits per heavy atom. The summed E-state index contributed by atoms with van der Waals surface area (Å²) in [5.41, 5.74) is 1.75. The second-order valence-corrected chi connectivity index (χ2v) is 9.83. The van der Waals surface area contributed by atoms with Gasteiger partial charge in [0.2, 0.25) is 10.0 Å². The average molecular weight is 488 g/mol. The molecule has 1 aliphatic rings. The summed E-state index contributed by atoms with van der Waals surface area (Å²) < 4.78 is 66.7. The Hall–Kier alpha value is -3.48. The minimum absolute atomic E-state index is 0.0637. The van der Waals surface area contributed by atoms with Gasteiger partial charge in [0.25, 0.3) is 0 Å². The molecule has 1 atom stereocenters. The Labute approximate surface area is 193 Å². The summed E-state index contributed by atoms with van der Waals surface area (Å²) in [4.78, 5) is 7.70. The predicted molar refractivity (Wildman–Crippen MR) is 116 cm³/mol. The van der Waals surface area contributed by atoms with Gasteiger partial charge >= 0.3 is 6.18 Å². The monoisotopic (exact) mass is 488 g/mol. The fraction of sp³-hybridized carbons (Fsp3) is 0.364. The molecule has 0 radical (unpaired) electrons. The van der Waals surface area contributed by atoms with Crippen LogP contribution in [0.1, 0.15) is 49.8 Å². The minimum atomic E-state index is -4.75. The van der Waals surface area contributed by atoms with Crippen LogP contribution >= 0.6 is 0 Å². The molecular weight excluding hydrogens is 469 g/mol. The first kappa shape index (κ1) is 23.7. The molecule has 1 aliphatic carbocycles. The number of alkyl halides is 3. The van der Waals surface area contributed by atoms with E-state index in [1.165, 1.54) is 0 Å². The summed E-state index contributed by atoms with van der Waals surface area (Å²) in [5.74, 6) is 0.0703. The standard InChI is InChI=1S/C22H19F3N6O2S/c1-13(22(23,24)25)30-34(32,33)16-11-28-21(29-12-16)20-18(10-27)17-8-14(9-26)6-7-19(17)31(20)15-4-2-3-5-15/h6-8,11-13,15,30H,2-5H2,1H3/t13-/m0/s1. The molecule has 0 amide bonds. The van der Waals surface area contributed by atoms with Crippen molar-refractivity contribution >= 4 is 20.9 Å². The van der Waals surface area contributed by atoms with Crippen LogP contribution in [0.3, 0.4) is 0 Å². The van der Waals surface area contributed by atoms with E-state index in [0.29, 0.717) is 23.6 Å². The van der Waals surface area contributed by atoms with Crippen LogP contribution in [0.15, 0.2) is 35.5 Å². The van der Waals surface area contributed by atoms with Crippen LogP contribution in [0.2, 0.25) is 0 Å². The zero-order chi connectivity index (χ0) is 24.7. The number of nitriles is 2. The van der Waals surface area contributed by atoms with E-state index in [1.54, 1.807) is 22.9 Å².